The van der Waals surface area contributed by atoms with E-state index in [1.54, 1.807) is 11.3 Å². The molecular formula is C25H27N5OS. The summed E-state index contributed by atoms with van der Waals surface area (Å²) in [6, 6.07) is 18.2. The molecule has 1 N–H and O–H groups in total. The van der Waals surface area contributed by atoms with Crippen molar-refractivity contribution < 1.29 is 4.79 Å². The number of nitrogens with zero attached hydrogens (tertiary/aromatic N) is 4. The van der Waals surface area contributed by atoms with E-state index in [-0.39, 0.29) is 5.91 Å². The molecule has 7 heteroatoms. The van der Waals surface area contributed by atoms with Gasteiger partial charge in [-0.1, -0.05) is 49.4 Å². The van der Waals surface area contributed by atoms with Gasteiger partial charge < -0.3 is 15.1 Å². The van der Waals surface area contributed by atoms with Crippen LogP contribution in [0.2, 0.25) is 0 Å². The third-order valence-corrected chi connectivity index (χ3v) is 6.92. The number of aromatic nitrogens is 2. The Labute approximate surface area is 192 Å². The van der Waals surface area contributed by atoms with Crippen LogP contribution < -0.4 is 10.2 Å². The van der Waals surface area contributed by atoms with Gasteiger partial charge >= 0.3 is 0 Å². The van der Waals surface area contributed by atoms with Crippen LogP contribution in [0.25, 0.3) is 16.2 Å². The van der Waals surface area contributed by atoms with Crippen LogP contribution in [0.5, 0.6) is 0 Å². The smallest absolute Gasteiger partial charge is 0.230 e. The third kappa shape index (κ3) is 4.26. The second-order valence-electron chi connectivity index (χ2n) is 8.04. The number of piperazine rings is 1. The molecule has 0 radical (unpaired) electrons. The predicted molar refractivity (Wildman–Crippen MR) is 132 cm³/mol. The molecule has 1 aliphatic rings. The summed E-state index contributed by atoms with van der Waals surface area (Å²) in [4.78, 5) is 23.4. The summed E-state index contributed by atoms with van der Waals surface area (Å²) < 4.78 is 2.03. The average Bonchev–Trinajstić information content (AvgIpc) is 3.42. The molecular weight excluding hydrogens is 418 g/mol. The zero-order valence-electron chi connectivity index (χ0n) is 18.2. The molecule has 0 aliphatic carbocycles. The number of hydrogen-bond donors (Lipinski definition) is 1. The maximum atomic E-state index is 13.0. The Hall–Kier alpha value is -3.16. The van der Waals surface area contributed by atoms with Gasteiger partial charge in [0.15, 0.2) is 4.96 Å². The van der Waals surface area contributed by atoms with E-state index in [4.69, 9.17) is 4.98 Å². The number of hydrogen-bond acceptors (Lipinski definition) is 5. The molecule has 2 aromatic carbocycles. The first-order valence-electron chi connectivity index (χ1n) is 11.1. The number of imidazole rings is 1. The van der Waals surface area contributed by atoms with Crippen molar-refractivity contribution in [3.8, 4) is 11.3 Å². The molecule has 1 fully saturated rings. The Morgan fingerprint density at radius 2 is 1.78 bits per heavy atom. The molecule has 5 rings (SSSR count). The molecule has 1 saturated heterocycles. The minimum atomic E-state index is -0.0145. The first-order chi connectivity index (χ1) is 15.7. The number of benzene rings is 2. The molecule has 0 saturated carbocycles. The number of para-hydroxylation sites is 2. The van der Waals surface area contributed by atoms with Crippen molar-refractivity contribution in [3.05, 3.63) is 71.9 Å². The number of carbonyl (C=O) groups is 1. The van der Waals surface area contributed by atoms with Crippen LogP contribution in [0.3, 0.4) is 0 Å². The summed E-state index contributed by atoms with van der Waals surface area (Å²) in [7, 11) is 0. The molecule has 3 heterocycles. The maximum absolute atomic E-state index is 13.0. The lowest BCUT2D eigenvalue weighted by Crippen LogP contribution is -2.46. The van der Waals surface area contributed by atoms with Gasteiger partial charge in [0.05, 0.1) is 23.5 Å². The van der Waals surface area contributed by atoms with Crippen molar-refractivity contribution in [2.75, 3.05) is 42.9 Å². The van der Waals surface area contributed by atoms with Crippen LogP contribution in [0.4, 0.5) is 11.4 Å². The van der Waals surface area contributed by atoms with E-state index < -0.39 is 0 Å². The van der Waals surface area contributed by atoms with Crippen molar-refractivity contribution in [1.29, 1.82) is 0 Å². The SMILES string of the molecule is CCN1CCN(c2ccccc2NC(=O)Cc2csc3nc(-c4ccccc4)cn23)CC1. The lowest BCUT2D eigenvalue weighted by molar-refractivity contribution is -0.115. The van der Waals surface area contributed by atoms with Gasteiger partial charge in [0, 0.05) is 49.0 Å². The third-order valence-electron chi connectivity index (χ3n) is 6.03. The Balaban J connectivity index is 1.31. The highest BCUT2D eigenvalue weighted by atomic mass is 32.1. The van der Waals surface area contributed by atoms with Crippen LogP contribution in [-0.4, -0.2) is 52.9 Å². The monoisotopic (exact) mass is 445 g/mol. The van der Waals surface area contributed by atoms with E-state index in [1.807, 2.05) is 52.4 Å². The van der Waals surface area contributed by atoms with Crippen LogP contribution in [0, 0.1) is 0 Å². The highest BCUT2D eigenvalue weighted by Gasteiger charge is 2.19. The Morgan fingerprint density at radius 1 is 1.03 bits per heavy atom. The topological polar surface area (TPSA) is 52.9 Å². The predicted octanol–water partition coefficient (Wildman–Crippen LogP) is 4.39. The molecule has 0 bridgehead atoms. The first kappa shape index (κ1) is 20.7. The molecule has 1 aliphatic heterocycles. The van der Waals surface area contributed by atoms with Crippen molar-refractivity contribution in [1.82, 2.24) is 14.3 Å². The summed E-state index contributed by atoms with van der Waals surface area (Å²) in [5.41, 5.74) is 4.93. The lowest BCUT2D eigenvalue weighted by atomic mass is 10.2. The van der Waals surface area contributed by atoms with Gasteiger partial charge in [0.2, 0.25) is 5.91 Å². The number of thiazole rings is 1. The molecule has 6 nitrogen and oxygen atoms in total. The maximum Gasteiger partial charge on any atom is 0.230 e. The van der Waals surface area contributed by atoms with Crippen LogP contribution in [0.1, 0.15) is 12.6 Å². The number of rotatable bonds is 6. The highest BCUT2D eigenvalue weighted by Crippen LogP contribution is 2.28. The molecule has 0 atom stereocenters. The zero-order chi connectivity index (χ0) is 21.9. The van der Waals surface area contributed by atoms with Gasteiger partial charge in [0.25, 0.3) is 0 Å². The molecule has 0 unspecified atom stereocenters. The quantitative estimate of drug-likeness (QED) is 0.478. The van der Waals surface area contributed by atoms with Gasteiger partial charge in [0.1, 0.15) is 0 Å². The number of fused-ring (bicyclic) bond motifs is 1. The van der Waals surface area contributed by atoms with Crippen molar-refractivity contribution in [2.24, 2.45) is 0 Å². The molecule has 2 aromatic heterocycles. The highest BCUT2D eigenvalue weighted by molar-refractivity contribution is 7.15. The first-order valence-corrected chi connectivity index (χ1v) is 12.0. The summed E-state index contributed by atoms with van der Waals surface area (Å²) >= 11 is 1.56. The summed E-state index contributed by atoms with van der Waals surface area (Å²) in [6.07, 6.45) is 2.33. The Bertz CT molecular complexity index is 1210. The standard InChI is InChI=1S/C25H27N5OS/c1-2-28-12-14-29(15-13-28)23-11-7-6-10-21(23)26-24(31)16-20-18-32-25-27-22(17-30(20)25)19-8-4-3-5-9-19/h3-11,17-18H,2,12-16H2,1H3,(H,26,31). The van der Waals surface area contributed by atoms with Crippen molar-refractivity contribution in [3.63, 3.8) is 0 Å². The number of anilines is 2. The van der Waals surface area contributed by atoms with Crippen LogP contribution in [-0.2, 0) is 11.2 Å². The average molecular weight is 446 g/mol. The van der Waals surface area contributed by atoms with E-state index >= 15 is 0 Å². The molecule has 32 heavy (non-hydrogen) atoms. The summed E-state index contributed by atoms with van der Waals surface area (Å²) in [5, 5.41) is 5.17. The van der Waals surface area contributed by atoms with Gasteiger partial charge in [-0.3, -0.25) is 9.20 Å². The Kier molecular flexibility index (Phi) is 5.92. The number of amides is 1. The normalized spacial score (nSPS) is 14.7. The molecule has 4 aromatic rings. The second kappa shape index (κ2) is 9.14. The fraction of sp³-hybridized carbons (Fsp3) is 0.280. The lowest BCUT2D eigenvalue weighted by Gasteiger charge is -2.36. The molecule has 0 spiro atoms. The van der Waals surface area contributed by atoms with E-state index in [2.05, 4.69) is 40.2 Å². The minimum Gasteiger partial charge on any atom is -0.367 e. The van der Waals surface area contributed by atoms with E-state index in [9.17, 15) is 4.79 Å². The van der Waals surface area contributed by atoms with Crippen molar-refractivity contribution in [2.45, 2.75) is 13.3 Å². The summed E-state index contributed by atoms with van der Waals surface area (Å²) in [6.45, 7) is 7.34. The van der Waals surface area contributed by atoms with Crippen LogP contribution >= 0.6 is 11.3 Å². The molecule has 164 valence electrons. The second-order valence-corrected chi connectivity index (χ2v) is 8.87. The van der Waals surface area contributed by atoms with E-state index in [0.717, 1.165) is 66.0 Å². The minimum absolute atomic E-state index is 0.0145. The van der Waals surface area contributed by atoms with E-state index in [0.29, 0.717) is 6.42 Å². The number of carbonyl (C=O) groups excluding carboxylic acids is 1. The number of likely N-dealkylation sites (N-methyl/N-ethyl adjacent to an activating group) is 1. The van der Waals surface area contributed by atoms with Gasteiger partial charge in [-0.2, -0.15) is 0 Å². The molecule has 1 amide bonds. The van der Waals surface area contributed by atoms with Crippen molar-refractivity contribution >= 4 is 33.6 Å². The van der Waals surface area contributed by atoms with Gasteiger partial charge in [-0.05, 0) is 18.7 Å². The van der Waals surface area contributed by atoms with E-state index in [1.165, 1.54) is 0 Å². The fourth-order valence-corrected chi connectivity index (χ4v) is 5.10. The fourth-order valence-electron chi connectivity index (χ4n) is 4.22. The zero-order valence-corrected chi connectivity index (χ0v) is 19.0. The van der Waals surface area contributed by atoms with Gasteiger partial charge in [-0.25, -0.2) is 4.98 Å². The largest absolute Gasteiger partial charge is 0.367 e. The summed E-state index contributed by atoms with van der Waals surface area (Å²) in [5.74, 6) is -0.0145. The Morgan fingerprint density at radius 3 is 2.56 bits per heavy atom. The van der Waals surface area contributed by atoms with Crippen LogP contribution in [0.15, 0.2) is 66.2 Å². The number of nitrogens with one attached hydrogen (secondary N) is 1. The van der Waals surface area contributed by atoms with Gasteiger partial charge in [-0.15, -0.1) is 11.3 Å².